The number of rotatable bonds is 6. The molecule has 2 rings (SSSR count). The number of piperidine rings is 1. The molecule has 1 aliphatic rings. The molecule has 110 valence electrons. The molecule has 1 aromatic rings. The summed E-state index contributed by atoms with van der Waals surface area (Å²) in [4.78, 5) is 14.2. The van der Waals surface area contributed by atoms with Gasteiger partial charge in [0, 0.05) is 13.1 Å². The van der Waals surface area contributed by atoms with Crippen molar-refractivity contribution in [1.82, 2.24) is 10.2 Å². The first-order chi connectivity index (χ1) is 9.75. The van der Waals surface area contributed by atoms with Gasteiger partial charge in [0.15, 0.2) is 0 Å². The number of hydrogen-bond acceptors (Lipinski definition) is 3. The van der Waals surface area contributed by atoms with Crippen molar-refractivity contribution in [3.05, 3.63) is 35.9 Å². The fraction of sp³-hybridized carbons (Fsp3) is 0.562. The maximum Gasteiger partial charge on any atom is 0.223 e. The number of amides is 1. The molecule has 1 amide bonds. The first-order valence-electron chi connectivity index (χ1n) is 7.48. The summed E-state index contributed by atoms with van der Waals surface area (Å²) in [6.45, 7) is 3.86. The average Bonchev–Trinajstić information content (AvgIpc) is 2.49. The molecule has 0 saturated carbocycles. The summed E-state index contributed by atoms with van der Waals surface area (Å²) in [5.41, 5.74) is 0.790. The van der Waals surface area contributed by atoms with Crippen LogP contribution < -0.4 is 5.32 Å². The van der Waals surface area contributed by atoms with E-state index in [1.807, 2.05) is 30.3 Å². The molecular formula is C16H24N2O2. The second kappa shape index (κ2) is 8.02. The third-order valence-electron chi connectivity index (χ3n) is 3.76. The van der Waals surface area contributed by atoms with E-state index in [0.29, 0.717) is 6.54 Å². The van der Waals surface area contributed by atoms with Gasteiger partial charge in [-0.2, -0.15) is 0 Å². The molecule has 0 spiro atoms. The van der Waals surface area contributed by atoms with E-state index in [9.17, 15) is 9.90 Å². The summed E-state index contributed by atoms with van der Waals surface area (Å²) in [6.07, 6.45) is 3.27. The van der Waals surface area contributed by atoms with Gasteiger partial charge in [-0.3, -0.25) is 4.79 Å². The van der Waals surface area contributed by atoms with Crippen molar-refractivity contribution in [1.29, 1.82) is 0 Å². The number of aliphatic hydroxyl groups excluding tert-OH is 1. The molecule has 1 aliphatic heterocycles. The summed E-state index contributed by atoms with van der Waals surface area (Å²) in [5, 5.41) is 12.9. The van der Waals surface area contributed by atoms with Crippen LogP contribution >= 0.6 is 0 Å². The first kappa shape index (κ1) is 15.0. The van der Waals surface area contributed by atoms with E-state index >= 15 is 0 Å². The Balaban J connectivity index is 1.65. The second-order valence-corrected chi connectivity index (χ2v) is 5.38. The molecule has 1 fully saturated rings. The Morgan fingerprint density at radius 3 is 2.60 bits per heavy atom. The van der Waals surface area contributed by atoms with Crippen molar-refractivity contribution in [3.8, 4) is 0 Å². The Bertz CT molecular complexity index is 402. The van der Waals surface area contributed by atoms with Gasteiger partial charge in [0.2, 0.25) is 5.91 Å². The highest BCUT2D eigenvalue weighted by Gasteiger charge is 2.13. The molecule has 4 heteroatoms. The van der Waals surface area contributed by atoms with Gasteiger partial charge in [-0.25, -0.2) is 0 Å². The summed E-state index contributed by atoms with van der Waals surface area (Å²) < 4.78 is 0. The van der Waals surface area contributed by atoms with Gasteiger partial charge in [0.25, 0.3) is 0 Å². The standard InChI is InChI=1S/C16H24N2O2/c19-15(14-7-3-1-4-8-14)13-16(20)17-9-12-18-10-5-2-6-11-18/h1,3-4,7-8,15,19H,2,5-6,9-13H2,(H,17,20). The SMILES string of the molecule is O=C(CC(O)c1ccccc1)NCCN1CCCCC1. The van der Waals surface area contributed by atoms with E-state index < -0.39 is 6.10 Å². The largest absolute Gasteiger partial charge is 0.388 e. The van der Waals surface area contributed by atoms with Gasteiger partial charge in [0.05, 0.1) is 12.5 Å². The van der Waals surface area contributed by atoms with Crippen molar-refractivity contribution in [2.24, 2.45) is 0 Å². The van der Waals surface area contributed by atoms with Gasteiger partial charge in [-0.1, -0.05) is 36.8 Å². The number of carbonyl (C=O) groups excluding carboxylic acids is 1. The lowest BCUT2D eigenvalue weighted by Gasteiger charge is -2.26. The van der Waals surface area contributed by atoms with Crippen LogP contribution in [0.3, 0.4) is 0 Å². The summed E-state index contributed by atoms with van der Waals surface area (Å²) in [7, 11) is 0. The number of benzene rings is 1. The normalized spacial score (nSPS) is 17.6. The zero-order chi connectivity index (χ0) is 14.2. The molecule has 1 unspecified atom stereocenters. The minimum absolute atomic E-state index is 0.0848. The number of aliphatic hydroxyl groups is 1. The summed E-state index contributed by atoms with van der Waals surface area (Å²) in [6, 6.07) is 9.31. The van der Waals surface area contributed by atoms with Crippen LogP contribution in [0.2, 0.25) is 0 Å². The lowest BCUT2D eigenvalue weighted by molar-refractivity contribution is -0.123. The Labute approximate surface area is 120 Å². The van der Waals surface area contributed by atoms with Crippen LogP contribution in [0.5, 0.6) is 0 Å². The molecule has 1 heterocycles. The van der Waals surface area contributed by atoms with E-state index in [1.165, 1.54) is 19.3 Å². The highest BCUT2D eigenvalue weighted by Crippen LogP contribution is 2.15. The van der Waals surface area contributed by atoms with E-state index in [-0.39, 0.29) is 12.3 Å². The molecule has 2 N–H and O–H groups in total. The van der Waals surface area contributed by atoms with E-state index in [2.05, 4.69) is 10.2 Å². The van der Waals surface area contributed by atoms with Crippen molar-refractivity contribution in [2.45, 2.75) is 31.8 Å². The number of hydrogen-bond donors (Lipinski definition) is 2. The van der Waals surface area contributed by atoms with Crippen LogP contribution in [-0.4, -0.2) is 42.1 Å². The minimum Gasteiger partial charge on any atom is -0.388 e. The molecule has 0 radical (unpaired) electrons. The monoisotopic (exact) mass is 276 g/mol. The van der Waals surface area contributed by atoms with Crippen LogP contribution in [0.4, 0.5) is 0 Å². The van der Waals surface area contributed by atoms with E-state index in [0.717, 1.165) is 25.2 Å². The van der Waals surface area contributed by atoms with Gasteiger partial charge >= 0.3 is 0 Å². The quantitative estimate of drug-likeness (QED) is 0.831. The first-order valence-corrected chi connectivity index (χ1v) is 7.48. The summed E-state index contributed by atoms with van der Waals surface area (Å²) in [5.74, 6) is -0.0848. The smallest absolute Gasteiger partial charge is 0.223 e. The Morgan fingerprint density at radius 2 is 1.90 bits per heavy atom. The number of nitrogens with zero attached hydrogens (tertiary/aromatic N) is 1. The Morgan fingerprint density at radius 1 is 1.20 bits per heavy atom. The molecule has 0 aromatic heterocycles. The molecule has 20 heavy (non-hydrogen) atoms. The van der Waals surface area contributed by atoms with E-state index in [4.69, 9.17) is 0 Å². The molecule has 4 nitrogen and oxygen atoms in total. The van der Waals surface area contributed by atoms with Crippen LogP contribution in [0.1, 0.15) is 37.4 Å². The topological polar surface area (TPSA) is 52.6 Å². The molecule has 0 bridgehead atoms. The fourth-order valence-corrected chi connectivity index (χ4v) is 2.58. The van der Waals surface area contributed by atoms with Gasteiger partial charge in [0.1, 0.15) is 0 Å². The number of nitrogens with one attached hydrogen (secondary N) is 1. The molecule has 1 saturated heterocycles. The Kier molecular flexibility index (Phi) is 6.02. The van der Waals surface area contributed by atoms with Crippen molar-refractivity contribution in [2.75, 3.05) is 26.2 Å². The van der Waals surface area contributed by atoms with Crippen LogP contribution in [-0.2, 0) is 4.79 Å². The Hall–Kier alpha value is -1.39. The molecular weight excluding hydrogens is 252 g/mol. The fourth-order valence-electron chi connectivity index (χ4n) is 2.58. The van der Waals surface area contributed by atoms with Crippen LogP contribution in [0, 0.1) is 0 Å². The highest BCUT2D eigenvalue weighted by molar-refractivity contribution is 5.76. The third-order valence-corrected chi connectivity index (χ3v) is 3.76. The van der Waals surface area contributed by atoms with Gasteiger partial charge in [-0.15, -0.1) is 0 Å². The van der Waals surface area contributed by atoms with Crippen molar-refractivity contribution in [3.63, 3.8) is 0 Å². The molecule has 1 atom stereocenters. The van der Waals surface area contributed by atoms with Crippen LogP contribution in [0.25, 0.3) is 0 Å². The zero-order valence-electron chi connectivity index (χ0n) is 11.9. The highest BCUT2D eigenvalue weighted by atomic mass is 16.3. The summed E-state index contributed by atoms with van der Waals surface area (Å²) >= 11 is 0. The maximum absolute atomic E-state index is 11.8. The van der Waals surface area contributed by atoms with E-state index in [1.54, 1.807) is 0 Å². The van der Waals surface area contributed by atoms with Gasteiger partial charge in [-0.05, 0) is 31.5 Å². The lowest BCUT2D eigenvalue weighted by atomic mass is 10.1. The zero-order valence-corrected chi connectivity index (χ0v) is 11.9. The maximum atomic E-state index is 11.8. The minimum atomic E-state index is -0.716. The lowest BCUT2D eigenvalue weighted by Crippen LogP contribution is -2.37. The predicted octanol–water partition coefficient (Wildman–Crippen LogP) is 1.71. The van der Waals surface area contributed by atoms with Crippen molar-refractivity contribution >= 4 is 5.91 Å². The average molecular weight is 276 g/mol. The second-order valence-electron chi connectivity index (χ2n) is 5.38. The number of carbonyl (C=O) groups is 1. The molecule has 0 aliphatic carbocycles. The molecule has 1 aromatic carbocycles. The third kappa shape index (κ3) is 4.94. The number of likely N-dealkylation sites (tertiary alicyclic amines) is 1. The predicted molar refractivity (Wildman–Crippen MR) is 79.3 cm³/mol. The van der Waals surface area contributed by atoms with Gasteiger partial charge < -0.3 is 15.3 Å². The van der Waals surface area contributed by atoms with Crippen LogP contribution in [0.15, 0.2) is 30.3 Å². The van der Waals surface area contributed by atoms with Crippen molar-refractivity contribution < 1.29 is 9.90 Å².